The lowest BCUT2D eigenvalue weighted by Gasteiger charge is -2.25. The van der Waals surface area contributed by atoms with Crippen LogP contribution in [-0.4, -0.2) is 41.8 Å². The summed E-state index contributed by atoms with van der Waals surface area (Å²) in [6, 6.07) is 0.398. The standard InChI is InChI=1S/C13H24N2O2/c1-15(9-10-5-4-8-12(10)16)13(17)14-11-6-2-3-7-11/h10-12,16H,2-9H2,1H3,(H,14,17). The van der Waals surface area contributed by atoms with Crippen molar-refractivity contribution in [1.82, 2.24) is 10.2 Å². The molecule has 2 saturated carbocycles. The largest absolute Gasteiger partial charge is 0.393 e. The molecular weight excluding hydrogens is 216 g/mol. The molecule has 0 saturated heterocycles. The number of aliphatic hydroxyl groups is 1. The van der Waals surface area contributed by atoms with Crippen molar-refractivity contribution in [1.29, 1.82) is 0 Å². The first-order chi connectivity index (χ1) is 8.16. The molecule has 2 rings (SSSR count). The summed E-state index contributed by atoms with van der Waals surface area (Å²) in [5.74, 6) is 0.273. The Labute approximate surface area is 103 Å². The van der Waals surface area contributed by atoms with Crippen LogP contribution in [0.1, 0.15) is 44.9 Å². The normalized spacial score (nSPS) is 29.5. The van der Waals surface area contributed by atoms with E-state index in [0.29, 0.717) is 12.6 Å². The number of amides is 2. The molecule has 4 heteroatoms. The van der Waals surface area contributed by atoms with Crippen LogP contribution in [0.15, 0.2) is 0 Å². The molecule has 0 radical (unpaired) electrons. The molecule has 0 aromatic carbocycles. The van der Waals surface area contributed by atoms with Gasteiger partial charge in [-0.1, -0.05) is 19.3 Å². The highest BCUT2D eigenvalue weighted by Crippen LogP contribution is 2.26. The minimum absolute atomic E-state index is 0.0241. The highest BCUT2D eigenvalue weighted by molar-refractivity contribution is 5.74. The van der Waals surface area contributed by atoms with Gasteiger partial charge >= 0.3 is 6.03 Å². The van der Waals surface area contributed by atoms with Gasteiger partial charge in [-0.05, 0) is 25.7 Å². The predicted octanol–water partition coefficient (Wildman–Crippen LogP) is 1.73. The fourth-order valence-electron chi connectivity index (χ4n) is 3.02. The molecule has 0 spiro atoms. The number of carbonyl (C=O) groups excluding carboxylic acids is 1. The average Bonchev–Trinajstić information content (AvgIpc) is 2.91. The Morgan fingerprint density at radius 2 is 1.94 bits per heavy atom. The molecular formula is C13H24N2O2. The molecule has 2 aliphatic rings. The van der Waals surface area contributed by atoms with Crippen LogP contribution in [0.25, 0.3) is 0 Å². The van der Waals surface area contributed by atoms with Crippen LogP contribution in [0, 0.1) is 5.92 Å². The summed E-state index contributed by atoms with van der Waals surface area (Å²) in [5, 5.41) is 12.8. The van der Waals surface area contributed by atoms with E-state index in [1.165, 1.54) is 12.8 Å². The van der Waals surface area contributed by atoms with Crippen molar-refractivity contribution in [2.24, 2.45) is 5.92 Å². The van der Waals surface area contributed by atoms with E-state index < -0.39 is 0 Å². The van der Waals surface area contributed by atoms with Crippen LogP contribution in [0.4, 0.5) is 4.79 Å². The number of rotatable bonds is 3. The summed E-state index contributed by atoms with van der Waals surface area (Å²) in [4.78, 5) is 13.7. The van der Waals surface area contributed by atoms with E-state index in [9.17, 15) is 9.90 Å². The van der Waals surface area contributed by atoms with E-state index >= 15 is 0 Å². The van der Waals surface area contributed by atoms with E-state index in [0.717, 1.165) is 32.1 Å². The number of hydrogen-bond acceptors (Lipinski definition) is 2. The first-order valence-corrected chi connectivity index (χ1v) is 6.86. The van der Waals surface area contributed by atoms with Gasteiger partial charge in [-0.15, -0.1) is 0 Å². The maximum absolute atomic E-state index is 11.9. The first kappa shape index (κ1) is 12.7. The minimum atomic E-state index is -0.211. The molecule has 0 aromatic heterocycles. The lowest BCUT2D eigenvalue weighted by molar-refractivity contribution is 0.113. The number of hydrogen-bond donors (Lipinski definition) is 2. The topological polar surface area (TPSA) is 52.6 Å². The summed E-state index contributed by atoms with van der Waals surface area (Å²) in [6.45, 7) is 0.680. The molecule has 2 N–H and O–H groups in total. The van der Waals surface area contributed by atoms with E-state index in [1.54, 1.807) is 4.90 Å². The van der Waals surface area contributed by atoms with Gasteiger partial charge in [0.15, 0.2) is 0 Å². The fraction of sp³-hybridized carbons (Fsp3) is 0.923. The van der Waals surface area contributed by atoms with E-state index in [1.807, 2.05) is 7.05 Å². The Hall–Kier alpha value is -0.770. The maximum atomic E-state index is 11.9. The van der Waals surface area contributed by atoms with Gasteiger partial charge in [0, 0.05) is 25.6 Å². The van der Waals surface area contributed by atoms with Crippen LogP contribution < -0.4 is 5.32 Å². The third kappa shape index (κ3) is 3.35. The average molecular weight is 240 g/mol. The summed E-state index contributed by atoms with van der Waals surface area (Å²) in [5.41, 5.74) is 0. The molecule has 0 heterocycles. The Morgan fingerprint density at radius 3 is 2.53 bits per heavy atom. The highest BCUT2D eigenvalue weighted by atomic mass is 16.3. The molecule has 0 bridgehead atoms. The highest BCUT2D eigenvalue weighted by Gasteiger charge is 2.28. The zero-order valence-electron chi connectivity index (χ0n) is 10.7. The monoisotopic (exact) mass is 240 g/mol. The van der Waals surface area contributed by atoms with E-state index in [2.05, 4.69) is 5.32 Å². The third-order valence-electron chi connectivity index (χ3n) is 4.16. The van der Waals surface area contributed by atoms with Crippen molar-refractivity contribution in [3.8, 4) is 0 Å². The zero-order valence-corrected chi connectivity index (χ0v) is 10.7. The van der Waals surface area contributed by atoms with Crippen molar-refractivity contribution in [3.63, 3.8) is 0 Å². The van der Waals surface area contributed by atoms with Gasteiger partial charge in [0.1, 0.15) is 0 Å². The number of carbonyl (C=O) groups is 1. The molecule has 17 heavy (non-hydrogen) atoms. The third-order valence-corrected chi connectivity index (χ3v) is 4.16. The van der Waals surface area contributed by atoms with Gasteiger partial charge in [0.05, 0.1) is 6.10 Å². The van der Waals surface area contributed by atoms with Crippen molar-refractivity contribution in [2.75, 3.05) is 13.6 Å². The van der Waals surface area contributed by atoms with Gasteiger partial charge in [0.25, 0.3) is 0 Å². The predicted molar refractivity (Wildman–Crippen MR) is 66.8 cm³/mol. The van der Waals surface area contributed by atoms with Crippen molar-refractivity contribution >= 4 is 6.03 Å². The summed E-state index contributed by atoms with van der Waals surface area (Å²) in [7, 11) is 1.83. The number of urea groups is 1. The molecule has 4 nitrogen and oxygen atoms in total. The second-order valence-electron chi connectivity index (χ2n) is 5.57. The summed E-state index contributed by atoms with van der Waals surface area (Å²) in [6.07, 6.45) is 7.51. The second-order valence-corrected chi connectivity index (χ2v) is 5.57. The lowest BCUT2D eigenvalue weighted by atomic mass is 10.1. The second kappa shape index (κ2) is 5.71. The van der Waals surface area contributed by atoms with Crippen LogP contribution in [0.3, 0.4) is 0 Å². The van der Waals surface area contributed by atoms with Gasteiger partial charge in [0.2, 0.25) is 0 Å². The molecule has 98 valence electrons. The van der Waals surface area contributed by atoms with E-state index in [4.69, 9.17) is 0 Å². The van der Waals surface area contributed by atoms with Crippen molar-refractivity contribution in [2.45, 2.75) is 57.1 Å². The molecule has 2 amide bonds. The Kier molecular flexibility index (Phi) is 4.26. The molecule has 2 unspecified atom stereocenters. The minimum Gasteiger partial charge on any atom is -0.393 e. The molecule has 2 atom stereocenters. The van der Waals surface area contributed by atoms with Crippen molar-refractivity contribution < 1.29 is 9.90 Å². The zero-order chi connectivity index (χ0) is 12.3. The molecule has 0 aromatic rings. The van der Waals surface area contributed by atoms with Crippen LogP contribution in [-0.2, 0) is 0 Å². The lowest BCUT2D eigenvalue weighted by Crippen LogP contribution is -2.44. The van der Waals surface area contributed by atoms with Gasteiger partial charge in [-0.3, -0.25) is 0 Å². The smallest absolute Gasteiger partial charge is 0.317 e. The van der Waals surface area contributed by atoms with Crippen LogP contribution in [0.2, 0.25) is 0 Å². The molecule has 0 aliphatic heterocycles. The van der Waals surface area contributed by atoms with Gasteiger partial charge < -0.3 is 15.3 Å². The number of aliphatic hydroxyl groups excluding tert-OH is 1. The number of nitrogens with one attached hydrogen (secondary N) is 1. The maximum Gasteiger partial charge on any atom is 0.317 e. The molecule has 2 fully saturated rings. The summed E-state index contributed by atoms with van der Waals surface area (Å²) >= 11 is 0. The van der Waals surface area contributed by atoms with Crippen LogP contribution in [0.5, 0.6) is 0 Å². The first-order valence-electron chi connectivity index (χ1n) is 6.86. The Bertz CT molecular complexity index is 264. The Morgan fingerprint density at radius 1 is 1.24 bits per heavy atom. The quantitative estimate of drug-likeness (QED) is 0.789. The molecule has 2 aliphatic carbocycles. The SMILES string of the molecule is CN(CC1CCCC1O)C(=O)NC1CCCC1. The van der Waals surface area contributed by atoms with Crippen molar-refractivity contribution in [3.05, 3.63) is 0 Å². The Balaban J connectivity index is 1.74. The fourth-order valence-corrected chi connectivity index (χ4v) is 3.02. The number of nitrogens with zero attached hydrogens (tertiary/aromatic N) is 1. The van der Waals surface area contributed by atoms with Gasteiger partial charge in [-0.25, -0.2) is 4.79 Å². The van der Waals surface area contributed by atoms with E-state index in [-0.39, 0.29) is 18.1 Å². The summed E-state index contributed by atoms with van der Waals surface area (Å²) < 4.78 is 0. The van der Waals surface area contributed by atoms with Crippen LogP contribution >= 0.6 is 0 Å². The van der Waals surface area contributed by atoms with Gasteiger partial charge in [-0.2, -0.15) is 0 Å².